The van der Waals surface area contributed by atoms with E-state index in [1.165, 1.54) is 0 Å². The molecular weight excluding hydrogens is 178 g/mol. The second kappa shape index (κ2) is 3.60. The van der Waals surface area contributed by atoms with Crippen molar-refractivity contribution >= 4 is 5.97 Å². The van der Waals surface area contributed by atoms with Crippen molar-refractivity contribution in [2.45, 2.75) is 33.1 Å². The van der Waals surface area contributed by atoms with E-state index in [1.54, 1.807) is 13.8 Å². The van der Waals surface area contributed by atoms with Crippen LogP contribution < -0.4 is 0 Å². The first-order chi connectivity index (χ1) is 5.99. The lowest BCUT2D eigenvalue weighted by atomic mass is 9.63. The average Bonchev–Trinajstić information content (AvgIpc) is 1.98. The van der Waals surface area contributed by atoms with Crippen molar-refractivity contribution in [3.63, 3.8) is 0 Å². The Kier molecular flexibility index (Phi) is 2.88. The molecule has 0 unspecified atom stereocenters. The largest absolute Gasteiger partial charge is 0.466 e. The summed E-state index contributed by atoms with van der Waals surface area (Å²) in [5, 5.41) is 0. The molecule has 1 aliphatic carbocycles. The van der Waals surface area contributed by atoms with Crippen LogP contribution in [0, 0.1) is 11.3 Å². The van der Waals surface area contributed by atoms with Gasteiger partial charge >= 0.3 is 5.97 Å². The highest BCUT2D eigenvalue weighted by molar-refractivity contribution is 5.77. The molecule has 1 rings (SSSR count). The Hall–Kier alpha value is -0.670. The van der Waals surface area contributed by atoms with Crippen molar-refractivity contribution in [1.29, 1.82) is 0 Å². The number of hydrogen-bond donors (Lipinski definition) is 0. The first kappa shape index (κ1) is 10.4. The first-order valence-electron chi connectivity index (χ1n) is 4.45. The molecule has 1 saturated carbocycles. The van der Waals surface area contributed by atoms with Crippen LogP contribution in [0.2, 0.25) is 0 Å². The summed E-state index contributed by atoms with van der Waals surface area (Å²) in [5.74, 6) is -0.957. The van der Waals surface area contributed by atoms with E-state index >= 15 is 0 Å². The number of alkyl halides is 2. The van der Waals surface area contributed by atoms with Gasteiger partial charge in [-0.2, -0.15) is 0 Å². The molecule has 2 nitrogen and oxygen atoms in total. The highest BCUT2D eigenvalue weighted by atomic mass is 19.3. The van der Waals surface area contributed by atoms with Crippen LogP contribution in [-0.2, 0) is 9.53 Å². The minimum atomic E-state index is -2.30. The molecular formula is C9H14F2O2. The van der Waals surface area contributed by atoms with Gasteiger partial charge in [-0.05, 0) is 26.7 Å². The van der Waals surface area contributed by atoms with Crippen LogP contribution >= 0.6 is 0 Å². The second-order valence-electron chi connectivity index (χ2n) is 3.78. The first-order valence-corrected chi connectivity index (χ1v) is 4.45. The Labute approximate surface area is 76.3 Å². The maximum Gasteiger partial charge on any atom is 0.311 e. The van der Waals surface area contributed by atoms with Crippen LogP contribution in [-0.4, -0.2) is 19.0 Å². The zero-order valence-electron chi connectivity index (χ0n) is 7.85. The highest BCUT2D eigenvalue weighted by Gasteiger charge is 2.50. The summed E-state index contributed by atoms with van der Waals surface area (Å²) < 4.78 is 29.0. The fourth-order valence-electron chi connectivity index (χ4n) is 1.75. The third-order valence-corrected chi connectivity index (χ3v) is 2.55. The zero-order chi connectivity index (χ0) is 10.1. The molecule has 1 fully saturated rings. The number of halogens is 2. The summed E-state index contributed by atoms with van der Waals surface area (Å²) >= 11 is 0. The number of rotatable bonds is 3. The fraction of sp³-hybridized carbons (Fsp3) is 0.889. The lowest BCUT2D eigenvalue weighted by Crippen LogP contribution is -2.45. The molecule has 0 spiro atoms. The van der Waals surface area contributed by atoms with Crippen LogP contribution in [0.1, 0.15) is 26.7 Å². The van der Waals surface area contributed by atoms with Crippen molar-refractivity contribution in [2.75, 3.05) is 6.61 Å². The maximum absolute atomic E-state index is 12.1. The number of esters is 1. The normalized spacial score (nSPS) is 32.8. The number of carbonyl (C=O) groups excluding carboxylic acids is 1. The van der Waals surface area contributed by atoms with Crippen LogP contribution in [0.4, 0.5) is 8.78 Å². The van der Waals surface area contributed by atoms with E-state index in [0.29, 0.717) is 6.61 Å². The molecule has 0 saturated heterocycles. The van der Waals surface area contributed by atoms with Crippen molar-refractivity contribution in [3.05, 3.63) is 0 Å². The quantitative estimate of drug-likeness (QED) is 0.641. The van der Waals surface area contributed by atoms with Crippen LogP contribution in [0.25, 0.3) is 0 Å². The van der Waals surface area contributed by atoms with Gasteiger partial charge in [0.25, 0.3) is 0 Å². The molecule has 0 aromatic heterocycles. The standard InChI is InChI=1S/C9H14F2O2/c1-3-13-8(12)9(2)4-6(5-9)7(10)11/h6-7H,3-5H2,1-2H3. The van der Waals surface area contributed by atoms with Crippen molar-refractivity contribution in [2.24, 2.45) is 11.3 Å². The van der Waals surface area contributed by atoms with Gasteiger partial charge in [0.15, 0.2) is 0 Å². The van der Waals surface area contributed by atoms with Gasteiger partial charge in [-0.15, -0.1) is 0 Å². The van der Waals surface area contributed by atoms with Gasteiger partial charge in [-0.25, -0.2) is 8.78 Å². The zero-order valence-corrected chi connectivity index (χ0v) is 7.85. The Balaban J connectivity index is 2.41. The molecule has 4 heteroatoms. The molecule has 0 N–H and O–H groups in total. The van der Waals surface area contributed by atoms with E-state index in [4.69, 9.17) is 4.74 Å². The predicted molar refractivity (Wildman–Crippen MR) is 43.5 cm³/mol. The Bertz CT molecular complexity index is 198. The van der Waals surface area contributed by atoms with Crippen molar-refractivity contribution in [3.8, 4) is 0 Å². The monoisotopic (exact) mass is 192 g/mol. The van der Waals surface area contributed by atoms with Gasteiger partial charge < -0.3 is 4.74 Å². The maximum atomic E-state index is 12.1. The van der Waals surface area contributed by atoms with E-state index < -0.39 is 17.8 Å². The summed E-state index contributed by atoms with van der Waals surface area (Å²) in [6.07, 6.45) is -1.80. The van der Waals surface area contributed by atoms with E-state index in [9.17, 15) is 13.6 Å². The molecule has 0 heterocycles. The fourth-order valence-corrected chi connectivity index (χ4v) is 1.75. The number of carbonyl (C=O) groups is 1. The van der Waals surface area contributed by atoms with E-state index in [0.717, 1.165) is 0 Å². The molecule has 13 heavy (non-hydrogen) atoms. The average molecular weight is 192 g/mol. The third kappa shape index (κ3) is 1.98. The van der Waals surface area contributed by atoms with Gasteiger partial charge in [-0.1, -0.05) is 0 Å². The van der Waals surface area contributed by atoms with Gasteiger partial charge in [0.1, 0.15) is 0 Å². The summed E-state index contributed by atoms with van der Waals surface area (Å²) in [5.41, 5.74) is -0.656. The lowest BCUT2D eigenvalue weighted by molar-refractivity contribution is -0.167. The lowest BCUT2D eigenvalue weighted by Gasteiger charge is -2.42. The Morgan fingerprint density at radius 1 is 1.62 bits per heavy atom. The van der Waals surface area contributed by atoms with Gasteiger partial charge in [0.2, 0.25) is 6.43 Å². The summed E-state index contributed by atoms with van der Waals surface area (Å²) in [7, 11) is 0. The molecule has 0 atom stereocenters. The van der Waals surface area contributed by atoms with Gasteiger partial charge in [-0.3, -0.25) is 4.79 Å². The minimum absolute atomic E-state index is 0.253. The molecule has 0 bridgehead atoms. The van der Waals surface area contributed by atoms with Crippen LogP contribution in [0.5, 0.6) is 0 Å². The number of ether oxygens (including phenoxy) is 1. The van der Waals surface area contributed by atoms with Crippen molar-refractivity contribution in [1.82, 2.24) is 0 Å². The van der Waals surface area contributed by atoms with Gasteiger partial charge in [0, 0.05) is 5.92 Å². The Morgan fingerprint density at radius 3 is 2.54 bits per heavy atom. The molecule has 1 aliphatic rings. The topological polar surface area (TPSA) is 26.3 Å². The minimum Gasteiger partial charge on any atom is -0.466 e. The molecule has 0 aliphatic heterocycles. The summed E-state index contributed by atoms with van der Waals surface area (Å²) in [6.45, 7) is 3.71. The van der Waals surface area contributed by atoms with Crippen LogP contribution in [0.15, 0.2) is 0 Å². The second-order valence-corrected chi connectivity index (χ2v) is 3.78. The van der Waals surface area contributed by atoms with Crippen molar-refractivity contribution < 1.29 is 18.3 Å². The smallest absolute Gasteiger partial charge is 0.311 e. The highest BCUT2D eigenvalue weighted by Crippen LogP contribution is 2.48. The molecule has 0 aromatic carbocycles. The van der Waals surface area contributed by atoms with E-state index in [-0.39, 0.29) is 18.8 Å². The predicted octanol–water partition coefficient (Wildman–Crippen LogP) is 2.23. The van der Waals surface area contributed by atoms with E-state index in [2.05, 4.69) is 0 Å². The number of hydrogen-bond acceptors (Lipinski definition) is 2. The third-order valence-electron chi connectivity index (χ3n) is 2.55. The molecule has 76 valence electrons. The SMILES string of the molecule is CCOC(=O)C1(C)CC(C(F)F)C1. The van der Waals surface area contributed by atoms with Crippen LogP contribution in [0.3, 0.4) is 0 Å². The molecule has 0 aromatic rings. The van der Waals surface area contributed by atoms with E-state index in [1.807, 2.05) is 0 Å². The van der Waals surface area contributed by atoms with Gasteiger partial charge in [0.05, 0.1) is 12.0 Å². The summed E-state index contributed by atoms with van der Waals surface area (Å²) in [6, 6.07) is 0. The summed E-state index contributed by atoms with van der Waals surface area (Å²) in [4.78, 5) is 11.2. The molecule has 0 radical (unpaired) electrons. The molecule has 0 amide bonds. The Morgan fingerprint density at radius 2 is 2.15 bits per heavy atom.